The Morgan fingerprint density at radius 2 is 1.55 bits per heavy atom. The SMILES string of the molecule is CCOc1cc(C(C)(C)C)ncc1C1=N[C@@](C)(c2ccc(Cl)cc2)[C@@](C)(c2ccc(Cl)cc2)N1C(=O)N1CCN(N(CC(O)CO)C(C)=O)CC1. The Kier molecular flexibility index (Phi) is 11.4. The van der Waals surface area contributed by atoms with Crippen LogP contribution in [0.5, 0.6) is 5.75 Å². The van der Waals surface area contributed by atoms with E-state index in [0.29, 0.717) is 46.9 Å². The normalized spacial score (nSPS) is 21.7. The summed E-state index contributed by atoms with van der Waals surface area (Å²) in [6.45, 7) is 14.7. The number of hydrogen-bond donors (Lipinski definition) is 2. The number of rotatable bonds is 9. The largest absolute Gasteiger partial charge is 0.493 e. The van der Waals surface area contributed by atoms with E-state index in [0.717, 1.165) is 16.8 Å². The average molecular weight is 740 g/mol. The first kappa shape index (κ1) is 38.5. The highest BCUT2D eigenvalue weighted by Gasteiger charge is 2.60. The number of piperazine rings is 1. The molecule has 0 aliphatic carbocycles. The van der Waals surface area contributed by atoms with Crippen molar-refractivity contribution in [2.24, 2.45) is 4.99 Å². The Labute approximate surface area is 310 Å². The second-order valence-electron chi connectivity index (χ2n) is 14.3. The van der Waals surface area contributed by atoms with Gasteiger partial charge in [0.2, 0.25) is 5.91 Å². The van der Waals surface area contributed by atoms with Crippen molar-refractivity contribution in [1.82, 2.24) is 24.8 Å². The lowest BCUT2D eigenvalue weighted by atomic mass is 9.71. The van der Waals surface area contributed by atoms with Crippen LogP contribution < -0.4 is 4.74 Å². The van der Waals surface area contributed by atoms with Crippen LogP contribution in [0.15, 0.2) is 65.8 Å². The molecule has 2 N–H and O–H groups in total. The van der Waals surface area contributed by atoms with Gasteiger partial charge in [0, 0.05) is 66.5 Å². The molecule has 3 atom stereocenters. The van der Waals surface area contributed by atoms with Gasteiger partial charge in [-0.2, -0.15) is 0 Å². The van der Waals surface area contributed by atoms with Gasteiger partial charge in [-0.15, -0.1) is 0 Å². The van der Waals surface area contributed by atoms with Gasteiger partial charge in [-0.3, -0.25) is 24.7 Å². The smallest absolute Gasteiger partial charge is 0.326 e. The standard InChI is InChI=1S/C38H48Cl2N6O5/c1-8-51-32-21-33(36(3,4)5)41-22-31(32)34-42-37(6,26-9-13-28(39)14-10-26)38(7,27-11-15-29(40)16-12-27)46(34)35(50)43-17-19-44(20-18-43)45(25(2)48)23-30(49)24-47/h9-16,21-22,30,47,49H,8,17-20,23-24H2,1-7H3/t30?,37-,38+/m0/s1. The van der Waals surface area contributed by atoms with Crippen LogP contribution in [-0.4, -0.2) is 105 Å². The van der Waals surface area contributed by atoms with Gasteiger partial charge in [-0.05, 0) is 56.2 Å². The minimum Gasteiger partial charge on any atom is -0.493 e. The lowest BCUT2D eigenvalue weighted by molar-refractivity contribution is -0.154. The summed E-state index contributed by atoms with van der Waals surface area (Å²) in [5.41, 5.74) is 0.689. The number of amidine groups is 1. The van der Waals surface area contributed by atoms with Gasteiger partial charge in [0.25, 0.3) is 0 Å². The van der Waals surface area contributed by atoms with Crippen LogP contribution in [0.1, 0.15) is 70.9 Å². The van der Waals surface area contributed by atoms with E-state index in [1.54, 1.807) is 16.0 Å². The van der Waals surface area contributed by atoms with Crippen LogP contribution in [0, 0.1) is 0 Å². The van der Waals surface area contributed by atoms with Gasteiger partial charge in [-0.1, -0.05) is 68.2 Å². The molecule has 2 aliphatic rings. The first-order valence-electron chi connectivity index (χ1n) is 17.2. The van der Waals surface area contributed by atoms with Gasteiger partial charge in [0.1, 0.15) is 22.7 Å². The number of nitrogens with zero attached hydrogens (tertiary/aromatic N) is 6. The zero-order chi connectivity index (χ0) is 37.3. The number of hydrogen-bond acceptors (Lipinski definition) is 8. The fourth-order valence-electron chi connectivity index (χ4n) is 6.83. The van der Waals surface area contributed by atoms with E-state index >= 15 is 4.79 Å². The highest BCUT2D eigenvalue weighted by Crippen LogP contribution is 2.54. The lowest BCUT2D eigenvalue weighted by Crippen LogP contribution is -2.62. The third-order valence-corrected chi connectivity index (χ3v) is 10.4. The molecule has 1 fully saturated rings. The van der Waals surface area contributed by atoms with E-state index in [-0.39, 0.29) is 37.0 Å². The van der Waals surface area contributed by atoms with Gasteiger partial charge in [0.05, 0.1) is 31.4 Å². The van der Waals surface area contributed by atoms with Crippen molar-refractivity contribution in [3.63, 3.8) is 0 Å². The molecule has 0 saturated carbocycles. The second-order valence-corrected chi connectivity index (χ2v) is 15.2. The molecule has 3 heterocycles. The summed E-state index contributed by atoms with van der Waals surface area (Å²) >= 11 is 12.8. The molecule has 0 spiro atoms. The fourth-order valence-corrected chi connectivity index (χ4v) is 7.08. The molecular formula is C38H48Cl2N6O5. The van der Waals surface area contributed by atoms with E-state index < -0.39 is 23.8 Å². The number of aliphatic imine (C=N–C) groups is 1. The van der Waals surface area contributed by atoms with Crippen molar-refractivity contribution in [3.05, 3.63) is 93.2 Å². The first-order valence-corrected chi connectivity index (χ1v) is 18.0. The zero-order valence-electron chi connectivity index (χ0n) is 30.4. The van der Waals surface area contributed by atoms with Gasteiger partial charge in [-0.25, -0.2) is 9.80 Å². The summed E-state index contributed by atoms with van der Waals surface area (Å²) in [4.78, 5) is 41.6. The molecule has 51 heavy (non-hydrogen) atoms. The molecule has 3 amide bonds. The van der Waals surface area contributed by atoms with Crippen LogP contribution >= 0.6 is 23.2 Å². The number of carbonyl (C=O) groups is 2. The number of aromatic nitrogens is 1. The lowest BCUT2D eigenvalue weighted by Gasteiger charge is -2.48. The van der Waals surface area contributed by atoms with Gasteiger partial charge >= 0.3 is 6.03 Å². The zero-order valence-corrected chi connectivity index (χ0v) is 31.9. The average Bonchev–Trinajstić information content (AvgIpc) is 3.34. The molecule has 5 rings (SSSR count). The molecule has 2 aliphatic heterocycles. The number of pyridine rings is 1. The van der Waals surface area contributed by atoms with Crippen LogP contribution in [0.2, 0.25) is 10.0 Å². The predicted octanol–water partition coefficient (Wildman–Crippen LogP) is 5.83. The minimum atomic E-state index is -1.10. The third-order valence-electron chi connectivity index (χ3n) is 9.94. The highest BCUT2D eigenvalue weighted by atomic mass is 35.5. The summed E-state index contributed by atoms with van der Waals surface area (Å²) in [5, 5.41) is 23.9. The number of carbonyl (C=O) groups excluding carboxylic acids is 2. The maximum Gasteiger partial charge on any atom is 0.326 e. The number of hydrazine groups is 1. The molecule has 274 valence electrons. The van der Waals surface area contributed by atoms with Crippen molar-refractivity contribution >= 4 is 41.0 Å². The Morgan fingerprint density at radius 1 is 0.980 bits per heavy atom. The van der Waals surface area contributed by atoms with E-state index in [2.05, 4.69) is 20.8 Å². The Bertz CT molecular complexity index is 1760. The Hall–Kier alpha value is -3.74. The van der Waals surface area contributed by atoms with Gasteiger partial charge < -0.3 is 19.8 Å². The van der Waals surface area contributed by atoms with Crippen molar-refractivity contribution in [3.8, 4) is 5.75 Å². The summed E-state index contributed by atoms with van der Waals surface area (Å²) in [6.07, 6.45) is 0.663. The fraction of sp³-hybridized carbons (Fsp3) is 0.474. The number of aliphatic hydroxyl groups is 2. The van der Waals surface area contributed by atoms with E-state index in [4.69, 9.17) is 37.9 Å². The van der Waals surface area contributed by atoms with Crippen LogP contribution in [0.25, 0.3) is 0 Å². The molecule has 0 radical (unpaired) electrons. The number of benzene rings is 2. The van der Waals surface area contributed by atoms with Gasteiger partial charge in [0.15, 0.2) is 0 Å². The molecular weight excluding hydrogens is 691 g/mol. The molecule has 3 aromatic rings. The van der Waals surface area contributed by atoms with Crippen molar-refractivity contribution in [2.75, 3.05) is 45.9 Å². The third kappa shape index (κ3) is 7.45. The number of halogens is 2. The Morgan fingerprint density at radius 3 is 2.06 bits per heavy atom. The molecule has 0 bridgehead atoms. The maximum atomic E-state index is 15.2. The molecule has 13 heteroatoms. The number of aliphatic hydroxyl groups excluding tert-OH is 2. The maximum absolute atomic E-state index is 15.2. The van der Waals surface area contributed by atoms with Crippen LogP contribution in [0.3, 0.4) is 0 Å². The van der Waals surface area contributed by atoms with E-state index in [1.165, 1.54) is 11.9 Å². The first-order chi connectivity index (χ1) is 24.0. The van der Waals surface area contributed by atoms with Crippen molar-refractivity contribution in [2.45, 2.75) is 71.1 Å². The number of amides is 3. The van der Waals surface area contributed by atoms with Crippen molar-refractivity contribution in [1.29, 1.82) is 0 Å². The van der Waals surface area contributed by atoms with Crippen LogP contribution in [0.4, 0.5) is 4.79 Å². The molecule has 1 aromatic heterocycles. The molecule has 11 nitrogen and oxygen atoms in total. The van der Waals surface area contributed by atoms with E-state index in [1.807, 2.05) is 80.4 Å². The summed E-state index contributed by atoms with van der Waals surface area (Å²) < 4.78 is 6.25. The molecule has 1 saturated heterocycles. The molecule has 2 aromatic carbocycles. The number of ether oxygens (including phenoxy) is 1. The predicted molar refractivity (Wildman–Crippen MR) is 199 cm³/mol. The summed E-state index contributed by atoms with van der Waals surface area (Å²) in [6, 6.07) is 16.6. The number of urea groups is 1. The highest BCUT2D eigenvalue weighted by molar-refractivity contribution is 6.30. The van der Waals surface area contributed by atoms with Crippen molar-refractivity contribution < 1.29 is 24.5 Å². The Balaban J connectivity index is 1.67. The summed E-state index contributed by atoms with van der Waals surface area (Å²) in [7, 11) is 0. The van der Waals surface area contributed by atoms with E-state index in [9.17, 15) is 15.0 Å². The monoisotopic (exact) mass is 738 g/mol. The topological polar surface area (TPSA) is 122 Å². The summed E-state index contributed by atoms with van der Waals surface area (Å²) in [5.74, 6) is 0.710. The second kappa shape index (κ2) is 15.1. The molecule has 1 unspecified atom stereocenters. The minimum absolute atomic E-state index is 0.0471. The van der Waals surface area contributed by atoms with Crippen LogP contribution in [-0.2, 0) is 21.3 Å². The quantitative estimate of drug-likeness (QED) is 0.283.